The maximum absolute atomic E-state index is 11.8. The molecule has 2 aliphatic rings. The molecular weight excluding hydrogens is 224 g/mol. The largest absolute Gasteiger partial charge is 0.356 e. The Balaban J connectivity index is 1.57. The molecule has 2 rings (SSSR count). The molecule has 0 spiro atoms. The van der Waals surface area contributed by atoms with E-state index in [1.807, 2.05) is 0 Å². The van der Waals surface area contributed by atoms with Gasteiger partial charge in [-0.3, -0.25) is 4.79 Å². The van der Waals surface area contributed by atoms with Gasteiger partial charge in [-0.05, 0) is 64.0 Å². The number of allylic oxidation sites excluding steroid dienone is 1. The molecule has 18 heavy (non-hydrogen) atoms. The Hall–Kier alpha value is -0.830. The molecule has 2 N–H and O–H groups in total. The van der Waals surface area contributed by atoms with Gasteiger partial charge >= 0.3 is 0 Å². The fraction of sp³-hybridized carbons (Fsp3) is 0.800. The van der Waals surface area contributed by atoms with E-state index >= 15 is 0 Å². The normalized spacial score (nSPS) is 24.4. The van der Waals surface area contributed by atoms with Crippen molar-refractivity contribution in [1.29, 1.82) is 0 Å². The van der Waals surface area contributed by atoms with E-state index in [1.165, 1.54) is 38.5 Å². The molecule has 102 valence electrons. The molecule has 1 amide bonds. The summed E-state index contributed by atoms with van der Waals surface area (Å²) in [6.45, 7) is 2.95. The number of carbonyl (C=O) groups excluding carboxylic acids is 1. The van der Waals surface area contributed by atoms with E-state index in [9.17, 15) is 4.79 Å². The third kappa shape index (κ3) is 4.81. The average molecular weight is 250 g/mol. The summed E-state index contributed by atoms with van der Waals surface area (Å²) >= 11 is 0. The van der Waals surface area contributed by atoms with Gasteiger partial charge in [-0.15, -0.1) is 0 Å². The summed E-state index contributed by atoms with van der Waals surface area (Å²) in [5.74, 6) is 0.785. The van der Waals surface area contributed by atoms with Gasteiger partial charge in [-0.1, -0.05) is 11.6 Å². The van der Waals surface area contributed by atoms with Crippen molar-refractivity contribution < 1.29 is 4.79 Å². The summed E-state index contributed by atoms with van der Waals surface area (Å²) in [5.41, 5.74) is 1.54. The second kappa shape index (κ2) is 7.57. The molecule has 1 aliphatic heterocycles. The molecule has 1 saturated heterocycles. The molecule has 1 aliphatic carbocycles. The van der Waals surface area contributed by atoms with Crippen LogP contribution < -0.4 is 10.6 Å². The molecule has 0 aromatic heterocycles. The lowest BCUT2D eigenvalue weighted by atomic mass is 9.95. The summed E-state index contributed by atoms with van der Waals surface area (Å²) in [7, 11) is 0. The summed E-state index contributed by atoms with van der Waals surface area (Å²) < 4.78 is 0. The maximum Gasteiger partial charge on any atom is 0.220 e. The van der Waals surface area contributed by atoms with Gasteiger partial charge in [-0.25, -0.2) is 0 Å². The minimum atomic E-state index is 0.236. The van der Waals surface area contributed by atoms with Crippen LogP contribution in [0.4, 0.5) is 0 Å². The van der Waals surface area contributed by atoms with Crippen LogP contribution in [0.3, 0.4) is 0 Å². The minimum absolute atomic E-state index is 0.236. The van der Waals surface area contributed by atoms with Crippen LogP contribution in [-0.4, -0.2) is 25.5 Å². The highest BCUT2D eigenvalue weighted by Gasteiger charge is 2.16. The molecule has 1 fully saturated rings. The standard InChI is InChI=1S/C15H26N2O/c18-15(11-14-7-4-9-16-12-14)17-10-8-13-5-2-1-3-6-13/h5,14,16H,1-4,6-12H2,(H,17,18). The van der Waals surface area contributed by atoms with Crippen LogP contribution in [0.5, 0.6) is 0 Å². The highest BCUT2D eigenvalue weighted by molar-refractivity contribution is 5.76. The molecule has 3 nitrogen and oxygen atoms in total. The van der Waals surface area contributed by atoms with Gasteiger partial charge in [-0.2, -0.15) is 0 Å². The SMILES string of the molecule is O=C(CC1CCCNC1)NCCC1=CCCCC1. The first-order valence-corrected chi connectivity index (χ1v) is 7.50. The van der Waals surface area contributed by atoms with Crippen LogP contribution >= 0.6 is 0 Å². The van der Waals surface area contributed by atoms with Gasteiger partial charge in [0, 0.05) is 13.0 Å². The molecule has 0 aromatic carbocycles. The molecule has 0 radical (unpaired) electrons. The van der Waals surface area contributed by atoms with Gasteiger partial charge in [0.15, 0.2) is 0 Å². The Morgan fingerprint density at radius 1 is 1.39 bits per heavy atom. The molecule has 1 atom stereocenters. The van der Waals surface area contributed by atoms with Crippen molar-refractivity contribution in [3.63, 3.8) is 0 Å². The monoisotopic (exact) mass is 250 g/mol. The topological polar surface area (TPSA) is 41.1 Å². The third-order valence-corrected chi connectivity index (χ3v) is 4.03. The predicted molar refractivity (Wildman–Crippen MR) is 74.4 cm³/mol. The lowest BCUT2D eigenvalue weighted by Gasteiger charge is -2.22. The minimum Gasteiger partial charge on any atom is -0.356 e. The molecule has 1 unspecified atom stereocenters. The van der Waals surface area contributed by atoms with Gasteiger partial charge in [0.05, 0.1) is 0 Å². The van der Waals surface area contributed by atoms with Crippen molar-refractivity contribution in [3.05, 3.63) is 11.6 Å². The zero-order valence-corrected chi connectivity index (χ0v) is 11.3. The first-order valence-electron chi connectivity index (χ1n) is 7.50. The number of nitrogens with one attached hydrogen (secondary N) is 2. The summed E-state index contributed by atoms with van der Waals surface area (Å²) in [4.78, 5) is 11.8. The molecule has 0 bridgehead atoms. The van der Waals surface area contributed by atoms with E-state index in [1.54, 1.807) is 5.57 Å². The first-order chi connectivity index (χ1) is 8.84. The summed E-state index contributed by atoms with van der Waals surface area (Å²) in [6, 6.07) is 0. The lowest BCUT2D eigenvalue weighted by molar-refractivity contribution is -0.122. The quantitative estimate of drug-likeness (QED) is 0.736. The number of carbonyl (C=O) groups is 1. The summed E-state index contributed by atoms with van der Waals surface area (Å²) in [6.07, 6.45) is 11.7. The van der Waals surface area contributed by atoms with E-state index in [4.69, 9.17) is 0 Å². The van der Waals surface area contributed by atoms with Crippen LogP contribution in [0, 0.1) is 5.92 Å². The number of hydrogen-bond acceptors (Lipinski definition) is 2. The Labute approximate surface area is 110 Å². The highest BCUT2D eigenvalue weighted by atomic mass is 16.1. The van der Waals surface area contributed by atoms with Gasteiger partial charge in [0.2, 0.25) is 5.91 Å². The van der Waals surface area contributed by atoms with Gasteiger partial charge in [0.1, 0.15) is 0 Å². The van der Waals surface area contributed by atoms with Crippen LogP contribution in [0.25, 0.3) is 0 Å². The van der Waals surface area contributed by atoms with E-state index in [0.717, 1.165) is 26.1 Å². The number of rotatable bonds is 5. The van der Waals surface area contributed by atoms with Crippen LogP contribution in [0.15, 0.2) is 11.6 Å². The average Bonchev–Trinajstić information content (AvgIpc) is 2.41. The van der Waals surface area contributed by atoms with Gasteiger partial charge in [0.25, 0.3) is 0 Å². The molecule has 0 saturated carbocycles. The predicted octanol–water partition coefficient (Wildman–Crippen LogP) is 2.38. The second-order valence-corrected chi connectivity index (χ2v) is 5.62. The van der Waals surface area contributed by atoms with E-state index < -0.39 is 0 Å². The number of piperidine rings is 1. The van der Waals surface area contributed by atoms with Crippen molar-refractivity contribution in [2.75, 3.05) is 19.6 Å². The molecule has 1 heterocycles. The zero-order chi connectivity index (χ0) is 12.6. The van der Waals surface area contributed by atoms with E-state index in [-0.39, 0.29) is 5.91 Å². The van der Waals surface area contributed by atoms with Crippen molar-refractivity contribution in [2.24, 2.45) is 5.92 Å². The molecule has 0 aromatic rings. The fourth-order valence-electron chi connectivity index (χ4n) is 2.93. The lowest BCUT2D eigenvalue weighted by Crippen LogP contribution is -2.34. The van der Waals surface area contributed by atoms with Crippen LogP contribution in [-0.2, 0) is 4.79 Å². The van der Waals surface area contributed by atoms with Crippen molar-refractivity contribution in [3.8, 4) is 0 Å². The maximum atomic E-state index is 11.8. The van der Waals surface area contributed by atoms with Crippen molar-refractivity contribution in [2.45, 2.75) is 51.4 Å². The highest BCUT2D eigenvalue weighted by Crippen LogP contribution is 2.19. The fourth-order valence-corrected chi connectivity index (χ4v) is 2.93. The number of hydrogen-bond donors (Lipinski definition) is 2. The Bertz CT molecular complexity index is 293. The Kier molecular flexibility index (Phi) is 5.72. The van der Waals surface area contributed by atoms with E-state index in [2.05, 4.69) is 16.7 Å². The third-order valence-electron chi connectivity index (χ3n) is 4.03. The first kappa shape index (κ1) is 13.6. The second-order valence-electron chi connectivity index (χ2n) is 5.62. The van der Waals surface area contributed by atoms with Crippen LogP contribution in [0.1, 0.15) is 51.4 Å². The molecule has 3 heteroatoms. The Morgan fingerprint density at radius 2 is 2.33 bits per heavy atom. The smallest absolute Gasteiger partial charge is 0.220 e. The van der Waals surface area contributed by atoms with Crippen LogP contribution in [0.2, 0.25) is 0 Å². The van der Waals surface area contributed by atoms with Crippen molar-refractivity contribution in [1.82, 2.24) is 10.6 Å². The molecular formula is C15H26N2O. The van der Waals surface area contributed by atoms with Crippen molar-refractivity contribution >= 4 is 5.91 Å². The Morgan fingerprint density at radius 3 is 3.06 bits per heavy atom. The van der Waals surface area contributed by atoms with Gasteiger partial charge < -0.3 is 10.6 Å². The number of amides is 1. The van der Waals surface area contributed by atoms with E-state index in [0.29, 0.717) is 12.3 Å². The summed E-state index contributed by atoms with van der Waals surface area (Å²) in [5, 5.41) is 6.43. The zero-order valence-electron chi connectivity index (χ0n) is 11.3.